The van der Waals surface area contributed by atoms with E-state index in [0.717, 1.165) is 4.57 Å². The van der Waals surface area contributed by atoms with E-state index in [4.69, 9.17) is 25.2 Å². The average molecular weight is 483 g/mol. The molecule has 2 heterocycles. The molecule has 1 fully saturated rings. The minimum Gasteiger partial charge on any atom is -0.390 e. The van der Waals surface area contributed by atoms with Crippen molar-refractivity contribution in [3.05, 3.63) is 22.7 Å². The maximum absolute atomic E-state index is 13.3. The van der Waals surface area contributed by atoms with Gasteiger partial charge in [-0.2, -0.15) is 4.98 Å². The number of nitrogens with zero attached hydrogens (tertiary/aromatic N) is 2. The number of alkyl halides is 1. The lowest BCUT2D eigenvalue weighted by atomic mass is 10.2. The smallest absolute Gasteiger partial charge is 0.390 e. The lowest BCUT2D eigenvalue weighted by Crippen LogP contribution is -2.28. The average Bonchev–Trinajstić information content (AvgIpc) is 2.91. The van der Waals surface area contributed by atoms with Crippen molar-refractivity contribution in [3.63, 3.8) is 0 Å². The molecule has 1 saturated heterocycles. The molecule has 1 aliphatic heterocycles. The van der Waals surface area contributed by atoms with Crippen LogP contribution in [-0.4, -0.2) is 58.7 Å². The van der Waals surface area contributed by atoms with Crippen LogP contribution < -0.4 is 11.4 Å². The molecule has 15 nitrogen and oxygen atoms in total. The molecule has 29 heavy (non-hydrogen) atoms. The summed E-state index contributed by atoms with van der Waals surface area (Å²) in [4.78, 5) is 50.9. The molecule has 19 heteroatoms. The molecule has 1 aromatic rings. The molecular weight excluding hydrogens is 466 g/mol. The number of nitrogens with two attached hydrogens (primary N) is 1. The van der Waals surface area contributed by atoms with Crippen molar-refractivity contribution in [1.29, 1.82) is 0 Å². The zero-order valence-electron chi connectivity index (χ0n) is 14.2. The molecular formula is C10H17FN3O12P3. The number of phosphoric acid groups is 1. The molecule has 1 aromatic heterocycles. The standard InChI is InChI=1S/C10H17FN3O12P3/c11-9(27(17,18)19)28(20,21)26-29(22,23)24-4-6-5(15)3-8(25-6)14-2-1-7(12)13-10(14)16/h1-2,5-6,8-9,15H,3-4H2,(H,20,21)(H,22,23)(H2,12,13,16)(H2,17,18,19)/t5-,6+,8+,9-/m0/s1. The molecule has 166 valence electrons. The number of aromatic nitrogens is 2. The Bertz CT molecular complexity index is 951. The fraction of sp³-hybridized carbons (Fsp3) is 0.600. The maximum Gasteiger partial charge on any atom is 0.479 e. The maximum atomic E-state index is 13.3. The van der Waals surface area contributed by atoms with Gasteiger partial charge < -0.3 is 35.2 Å². The number of anilines is 1. The van der Waals surface area contributed by atoms with Crippen LogP contribution in [0.5, 0.6) is 0 Å². The highest BCUT2D eigenvalue weighted by Gasteiger charge is 2.51. The monoisotopic (exact) mass is 483 g/mol. The normalized spacial score (nSPS) is 27.9. The molecule has 6 atom stereocenters. The number of ether oxygens (including phenoxy) is 1. The van der Waals surface area contributed by atoms with Crippen LogP contribution >= 0.6 is 23.0 Å². The summed E-state index contributed by atoms with van der Waals surface area (Å²) >= 11 is 0. The van der Waals surface area contributed by atoms with Crippen LogP contribution in [0.2, 0.25) is 0 Å². The van der Waals surface area contributed by atoms with Gasteiger partial charge in [-0.15, -0.1) is 0 Å². The number of halogens is 1. The Morgan fingerprint density at radius 2 is 1.97 bits per heavy atom. The summed E-state index contributed by atoms with van der Waals surface area (Å²) in [6.07, 6.45) is -2.63. The van der Waals surface area contributed by atoms with Crippen molar-refractivity contribution in [2.45, 2.75) is 30.5 Å². The van der Waals surface area contributed by atoms with Crippen molar-refractivity contribution < 1.29 is 56.3 Å². The second-order valence-electron chi connectivity index (χ2n) is 5.78. The molecule has 0 saturated carbocycles. The molecule has 0 amide bonds. The van der Waals surface area contributed by atoms with Crippen molar-refractivity contribution >= 4 is 28.8 Å². The number of aliphatic hydroxyl groups is 1. The Balaban J connectivity index is 2.01. The van der Waals surface area contributed by atoms with E-state index < -0.39 is 59.4 Å². The van der Waals surface area contributed by atoms with Crippen molar-refractivity contribution in [2.24, 2.45) is 0 Å². The van der Waals surface area contributed by atoms with Crippen molar-refractivity contribution in [1.82, 2.24) is 9.55 Å². The summed E-state index contributed by atoms with van der Waals surface area (Å²) in [5.41, 5.74) is 0.774. The molecule has 7 N–H and O–H groups in total. The van der Waals surface area contributed by atoms with Gasteiger partial charge in [0.15, 0.2) is 0 Å². The first kappa shape index (κ1) is 24.3. The molecule has 0 bridgehead atoms. The number of rotatable bonds is 8. The van der Waals surface area contributed by atoms with E-state index in [1.54, 1.807) is 0 Å². The van der Waals surface area contributed by atoms with Crippen LogP contribution in [0.15, 0.2) is 17.1 Å². The van der Waals surface area contributed by atoms with E-state index in [0.29, 0.717) is 0 Å². The molecule has 2 unspecified atom stereocenters. The van der Waals surface area contributed by atoms with Crippen molar-refractivity contribution in [2.75, 3.05) is 12.3 Å². The Kier molecular flexibility index (Phi) is 7.20. The van der Waals surface area contributed by atoms with Gasteiger partial charge in [-0.1, -0.05) is 0 Å². The van der Waals surface area contributed by atoms with E-state index in [9.17, 15) is 32.9 Å². The number of hydrogen-bond acceptors (Lipinski definition) is 10. The fourth-order valence-corrected chi connectivity index (χ4v) is 6.17. The third kappa shape index (κ3) is 6.23. The quantitative estimate of drug-likeness (QED) is 0.249. The van der Waals surface area contributed by atoms with Gasteiger partial charge in [-0.3, -0.25) is 18.2 Å². The summed E-state index contributed by atoms with van der Waals surface area (Å²) < 4.78 is 61.5. The molecule has 0 radical (unpaired) electrons. The van der Waals surface area contributed by atoms with Gasteiger partial charge in [0.25, 0.3) is 5.65 Å². The summed E-state index contributed by atoms with van der Waals surface area (Å²) in [5.74, 6) is -0.0575. The van der Waals surface area contributed by atoms with Gasteiger partial charge in [0.1, 0.15) is 18.1 Å². The first-order valence-corrected chi connectivity index (χ1v) is 12.3. The van der Waals surface area contributed by atoms with E-state index in [1.165, 1.54) is 12.3 Å². The highest BCUT2D eigenvalue weighted by molar-refractivity contribution is 7.74. The Labute approximate surface area is 161 Å². The summed E-state index contributed by atoms with van der Waals surface area (Å²) in [7, 11) is -17.2. The lowest BCUT2D eigenvalue weighted by Gasteiger charge is -2.21. The highest BCUT2D eigenvalue weighted by Crippen LogP contribution is 2.70. The largest absolute Gasteiger partial charge is 0.479 e. The van der Waals surface area contributed by atoms with E-state index in [2.05, 4.69) is 13.8 Å². The predicted octanol–water partition coefficient (Wildman–Crippen LogP) is -0.776. The fourth-order valence-electron chi connectivity index (χ4n) is 2.25. The molecule has 0 aromatic carbocycles. The Morgan fingerprint density at radius 1 is 1.34 bits per heavy atom. The third-order valence-corrected chi connectivity index (χ3v) is 8.64. The minimum atomic E-state index is -5.91. The number of hydrogen-bond donors (Lipinski definition) is 6. The van der Waals surface area contributed by atoms with Crippen LogP contribution in [0, 0.1) is 0 Å². The molecule has 0 spiro atoms. The topological polar surface area (TPSA) is 241 Å². The summed E-state index contributed by atoms with van der Waals surface area (Å²) in [5, 5.41) is 9.95. The van der Waals surface area contributed by atoms with Crippen molar-refractivity contribution in [3.8, 4) is 0 Å². The van der Waals surface area contributed by atoms with Crippen LogP contribution in [0.3, 0.4) is 0 Å². The first-order valence-electron chi connectivity index (χ1n) is 7.51. The van der Waals surface area contributed by atoms with Gasteiger partial charge in [0.05, 0.1) is 12.7 Å². The van der Waals surface area contributed by atoms with E-state index >= 15 is 0 Å². The van der Waals surface area contributed by atoms with Gasteiger partial charge >= 0.3 is 28.7 Å². The number of aliphatic hydroxyl groups excluding tert-OH is 1. The minimum absolute atomic E-state index is 0.0575. The lowest BCUT2D eigenvalue weighted by molar-refractivity contribution is -0.0447. The zero-order chi connectivity index (χ0) is 22.2. The van der Waals surface area contributed by atoms with Crippen LogP contribution in [0.1, 0.15) is 12.6 Å². The second kappa shape index (κ2) is 8.61. The third-order valence-electron chi connectivity index (χ3n) is 3.53. The SMILES string of the molecule is Nc1ccn([C@H]2C[C@H](O)[C@@H](COP(=O)(O)OP(=O)(O)[C@@H](F)P(=O)(O)O)O2)c(=O)n1. The van der Waals surface area contributed by atoms with Crippen LogP contribution in [-0.2, 0) is 27.3 Å². The van der Waals surface area contributed by atoms with Gasteiger partial charge in [-0.05, 0) is 6.07 Å². The summed E-state index contributed by atoms with van der Waals surface area (Å²) in [6, 6.07) is 1.28. The second-order valence-corrected chi connectivity index (χ2v) is 11.3. The van der Waals surface area contributed by atoms with E-state index in [-0.39, 0.29) is 12.2 Å². The van der Waals surface area contributed by atoms with Gasteiger partial charge in [0, 0.05) is 12.6 Å². The molecule has 2 rings (SSSR count). The van der Waals surface area contributed by atoms with Gasteiger partial charge in [-0.25, -0.2) is 18.1 Å². The summed E-state index contributed by atoms with van der Waals surface area (Å²) in [6.45, 7) is -0.921. The predicted molar refractivity (Wildman–Crippen MR) is 91.1 cm³/mol. The molecule has 0 aliphatic carbocycles. The first-order chi connectivity index (χ1) is 13.1. The number of nitrogen functional groups attached to an aromatic ring is 1. The van der Waals surface area contributed by atoms with Crippen LogP contribution in [0.25, 0.3) is 0 Å². The highest BCUT2D eigenvalue weighted by atomic mass is 31.3. The van der Waals surface area contributed by atoms with Gasteiger partial charge in [0.2, 0.25) is 0 Å². The Morgan fingerprint density at radius 3 is 2.52 bits per heavy atom. The molecule has 1 aliphatic rings. The number of phosphoric ester groups is 1. The van der Waals surface area contributed by atoms with Crippen LogP contribution in [0.4, 0.5) is 10.2 Å². The zero-order valence-corrected chi connectivity index (χ0v) is 16.8. The van der Waals surface area contributed by atoms with E-state index in [1.807, 2.05) is 0 Å². The Hall–Kier alpha value is -1.02.